The Kier molecular flexibility index (Phi) is 4.24. The van der Waals surface area contributed by atoms with Crippen LogP contribution in [0.3, 0.4) is 0 Å². The molecule has 1 aliphatic heterocycles. The van der Waals surface area contributed by atoms with E-state index in [0.29, 0.717) is 0 Å². The van der Waals surface area contributed by atoms with Gasteiger partial charge in [-0.3, -0.25) is 4.21 Å². The van der Waals surface area contributed by atoms with Gasteiger partial charge in [-0.05, 0) is 36.6 Å². The number of nitrogens with one attached hydrogen (secondary N) is 1. The van der Waals surface area contributed by atoms with E-state index < -0.39 is 10.8 Å². The Morgan fingerprint density at radius 1 is 1.32 bits per heavy atom. The standard InChI is InChI=1S/C14H19BrN2OS/c15-12-1-4-14(17-5-7-19(18)8-6-17)11(9-12)10-16-13-2-3-13/h1,4,9,13,16H,2-3,5-8,10H2. The molecule has 1 saturated carbocycles. The Morgan fingerprint density at radius 2 is 2.05 bits per heavy atom. The minimum Gasteiger partial charge on any atom is -0.369 e. The maximum absolute atomic E-state index is 11.5. The molecule has 0 spiro atoms. The molecule has 19 heavy (non-hydrogen) atoms. The minimum atomic E-state index is -0.613. The zero-order valence-corrected chi connectivity index (χ0v) is 13.3. The first-order valence-corrected chi connectivity index (χ1v) is 9.12. The van der Waals surface area contributed by atoms with E-state index in [4.69, 9.17) is 0 Å². The molecular weight excluding hydrogens is 324 g/mol. The van der Waals surface area contributed by atoms with Gasteiger partial charge < -0.3 is 10.2 Å². The van der Waals surface area contributed by atoms with Crippen LogP contribution in [0.2, 0.25) is 0 Å². The summed E-state index contributed by atoms with van der Waals surface area (Å²) in [7, 11) is -0.613. The second-order valence-corrected chi connectivity index (χ2v) is 7.88. The van der Waals surface area contributed by atoms with Gasteiger partial charge in [0.05, 0.1) is 0 Å². The highest BCUT2D eigenvalue weighted by atomic mass is 79.9. The van der Waals surface area contributed by atoms with Gasteiger partial charge in [0.15, 0.2) is 0 Å². The number of rotatable bonds is 4. The number of hydrogen-bond donors (Lipinski definition) is 1. The lowest BCUT2D eigenvalue weighted by Gasteiger charge is -2.30. The predicted molar refractivity (Wildman–Crippen MR) is 84.1 cm³/mol. The summed E-state index contributed by atoms with van der Waals surface area (Å²) >= 11 is 3.56. The molecule has 3 rings (SSSR count). The summed E-state index contributed by atoms with van der Waals surface area (Å²) in [6.45, 7) is 2.74. The summed E-state index contributed by atoms with van der Waals surface area (Å²) in [6.07, 6.45) is 2.62. The highest BCUT2D eigenvalue weighted by Gasteiger charge is 2.22. The van der Waals surface area contributed by atoms with Crippen LogP contribution in [0, 0.1) is 0 Å². The van der Waals surface area contributed by atoms with Crippen LogP contribution in [-0.4, -0.2) is 34.8 Å². The van der Waals surface area contributed by atoms with Gasteiger partial charge in [-0.25, -0.2) is 0 Å². The van der Waals surface area contributed by atoms with Crippen molar-refractivity contribution in [2.75, 3.05) is 29.5 Å². The van der Waals surface area contributed by atoms with Crippen LogP contribution >= 0.6 is 15.9 Å². The molecule has 2 fully saturated rings. The summed E-state index contributed by atoms with van der Waals surface area (Å²) in [4.78, 5) is 2.37. The van der Waals surface area contributed by atoms with E-state index >= 15 is 0 Å². The van der Waals surface area contributed by atoms with Crippen molar-refractivity contribution >= 4 is 32.4 Å². The van der Waals surface area contributed by atoms with E-state index in [1.807, 2.05) is 0 Å². The molecule has 0 amide bonds. The zero-order chi connectivity index (χ0) is 13.2. The fraction of sp³-hybridized carbons (Fsp3) is 0.571. The molecule has 0 bridgehead atoms. The fourth-order valence-electron chi connectivity index (χ4n) is 2.42. The Morgan fingerprint density at radius 3 is 2.74 bits per heavy atom. The maximum Gasteiger partial charge on any atom is 0.0413 e. The second kappa shape index (κ2) is 5.94. The largest absolute Gasteiger partial charge is 0.369 e. The van der Waals surface area contributed by atoms with Gasteiger partial charge in [-0.1, -0.05) is 15.9 Å². The van der Waals surface area contributed by atoms with E-state index in [1.54, 1.807) is 0 Å². The average Bonchev–Trinajstić information content (AvgIpc) is 3.22. The minimum absolute atomic E-state index is 0.613. The molecule has 0 aromatic heterocycles. The van der Waals surface area contributed by atoms with Gasteiger partial charge in [-0.2, -0.15) is 0 Å². The maximum atomic E-state index is 11.5. The quantitative estimate of drug-likeness (QED) is 0.910. The van der Waals surface area contributed by atoms with Crippen molar-refractivity contribution in [2.45, 2.75) is 25.4 Å². The van der Waals surface area contributed by atoms with Gasteiger partial charge in [0.1, 0.15) is 0 Å². The third kappa shape index (κ3) is 3.58. The van der Waals surface area contributed by atoms with Crippen molar-refractivity contribution in [3.8, 4) is 0 Å². The molecule has 1 aliphatic carbocycles. The summed E-state index contributed by atoms with van der Waals surface area (Å²) in [6, 6.07) is 7.21. The molecular formula is C14H19BrN2OS. The summed E-state index contributed by atoms with van der Waals surface area (Å²) in [5.41, 5.74) is 2.64. The van der Waals surface area contributed by atoms with E-state index in [2.05, 4.69) is 44.3 Å². The molecule has 2 aliphatic rings. The Bertz CT molecular complexity index is 480. The monoisotopic (exact) mass is 342 g/mol. The molecule has 1 saturated heterocycles. The number of nitrogens with zero attached hydrogens (tertiary/aromatic N) is 1. The number of hydrogen-bond acceptors (Lipinski definition) is 3. The van der Waals surface area contributed by atoms with Gasteiger partial charge >= 0.3 is 0 Å². The van der Waals surface area contributed by atoms with Gasteiger partial charge in [0.25, 0.3) is 0 Å². The van der Waals surface area contributed by atoms with Crippen molar-refractivity contribution < 1.29 is 4.21 Å². The Balaban J connectivity index is 1.76. The first kappa shape index (κ1) is 13.6. The summed E-state index contributed by atoms with van der Waals surface area (Å²) < 4.78 is 12.6. The van der Waals surface area contributed by atoms with Crippen LogP contribution < -0.4 is 10.2 Å². The summed E-state index contributed by atoms with van der Waals surface area (Å²) in [5.74, 6) is 1.59. The molecule has 104 valence electrons. The van der Waals surface area contributed by atoms with Crippen LogP contribution in [0.5, 0.6) is 0 Å². The van der Waals surface area contributed by atoms with Crippen molar-refractivity contribution in [3.63, 3.8) is 0 Å². The van der Waals surface area contributed by atoms with Crippen molar-refractivity contribution in [3.05, 3.63) is 28.2 Å². The molecule has 1 aromatic carbocycles. The van der Waals surface area contributed by atoms with Crippen LogP contribution in [0.15, 0.2) is 22.7 Å². The van der Waals surface area contributed by atoms with E-state index in [1.165, 1.54) is 24.1 Å². The second-order valence-electron chi connectivity index (χ2n) is 5.26. The number of benzene rings is 1. The highest BCUT2D eigenvalue weighted by molar-refractivity contribution is 9.10. The molecule has 0 radical (unpaired) electrons. The smallest absolute Gasteiger partial charge is 0.0413 e. The van der Waals surface area contributed by atoms with Gasteiger partial charge in [-0.15, -0.1) is 0 Å². The number of halogens is 1. The van der Waals surface area contributed by atoms with Crippen molar-refractivity contribution in [1.82, 2.24) is 5.32 Å². The molecule has 5 heteroatoms. The fourth-order valence-corrected chi connectivity index (χ4v) is 3.89. The molecule has 0 unspecified atom stereocenters. The van der Waals surface area contributed by atoms with Gasteiger partial charge in [0.2, 0.25) is 0 Å². The van der Waals surface area contributed by atoms with E-state index in [-0.39, 0.29) is 0 Å². The topological polar surface area (TPSA) is 32.3 Å². The lowest BCUT2D eigenvalue weighted by Crippen LogP contribution is -2.38. The first-order chi connectivity index (χ1) is 9.22. The predicted octanol–water partition coefficient (Wildman–Crippen LogP) is 2.27. The highest BCUT2D eigenvalue weighted by Crippen LogP contribution is 2.27. The van der Waals surface area contributed by atoms with Crippen LogP contribution in [0.25, 0.3) is 0 Å². The number of anilines is 1. The molecule has 3 nitrogen and oxygen atoms in total. The van der Waals surface area contributed by atoms with E-state index in [9.17, 15) is 4.21 Å². The first-order valence-electron chi connectivity index (χ1n) is 6.84. The van der Waals surface area contributed by atoms with Gasteiger partial charge in [0, 0.05) is 58.1 Å². The van der Waals surface area contributed by atoms with Crippen molar-refractivity contribution in [2.24, 2.45) is 0 Å². The third-order valence-corrected chi connectivity index (χ3v) is 5.49. The molecule has 1 aromatic rings. The third-order valence-electron chi connectivity index (χ3n) is 3.72. The lowest BCUT2D eigenvalue weighted by atomic mass is 10.1. The Labute approximate surface area is 125 Å². The lowest BCUT2D eigenvalue weighted by molar-refractivity contribution is 0.669. The average molecular weight is 343 g/mol. The zero-order valence-electron chi connectivity index (χ0n) is 10.9. The van der Waals surface area contributed by atoms with Crippen LogP contribution in [0.1, 0.15) is 18.4 Å². The molecule has 1 heterocycles. The van der Waals surface area contributed by atoms with E-state index in [0.717, 1.165) is 41.7 Å². The normalized spacial score (nSPS) is 20.8. The van der Waals surface area contributed by atoms with Crippen molar-refractivity contribution in [1.29, 1.82) is 0 Å². The van der Waals surface area contributed by atoms with Crippen LogP contribution in [-0.2, 0) is 17.3 Å². The summed E-state index contributed by atoms with van der Waals surface area (Å²) in [5, 5.41) is 3.58. The molecule has 1 N–H and O–H groups in total. The SMILES string of the molecule is O=S1CCN(c2ccc(Br)cc2CNC2CC2)CC1. The van der Waals surface area contributed by atoms with Crippen LogP contribution in [0.4, 0.5) is 5.69 Å². The Hall–Kier alpha value is -0.390. The molecule has 0 atom stereocenters.